The van der Waals surface area contributed by atoms with E-state index in [1.165, 1.54) is 12.0 Å². The average molecular weight is 236 g/mol. The molecule has 1 unspecified atom stereocenters. The van der Waals surface area contributed by atoms with E-state index in [2.05, 4.69) is 46.8 Å². The Labute approximate surface area is 105 Å². The van der Waals surface area contributed by atoms with Crippen molar-refractivity contribution in [1.29, 1.82) is 0 Å². The lowest BCUT2D eigenvalue weighted by molar-refractivity contribution is 0.280. The fraction of sp³-hybridized carbons (Fsp3) is 0.625. The lowest BCUT2D eigenvalue weighted by atomic mass is 9.72. The lowest BCUT2D eigenvalue weighted by Crippen LogP contribution is -2.20. The molecule has 1 aromatic carbocycles. The SMILES string of the molecule is CC(C)CC(c1ccc(CF)cc1)C(C)(C)C. The van der Waals surface area contributed by atoms with Crippen LogP contribution in [0.1, 0.15) is 58.1 Å². The third kappa shape index (κ3) is 4.14. The van der Waals surface area contributed by atoms with Crippen LogP contribution in [0, 0.1) is 11.3 Å². The number of rotatable bonds is 4. The molecule has 1 aromatic rings. The smallest absolute Gasteiger partial charge is 0.115 e. The first-order valence-corrected chi connectivity index (χ1v) is 6.49. The molecule has 17 heavy (non-hydrogen) atoms. The van der Waals surface area contributed by atoms with Crippen LogP contribution < -0.4 is 0 Å². The Bertz CT molecular complexity index is 330. The Hall–Kier alpha value is -0.850. The van der Waals surface area contributed by atoms with Crippen LogP contribution in [0.3, 0.4) is 0 Å². The van der Waals surface area contributed by atoms with Gasteiger partial charge < -0.3 is 0 Å². The molecule has 0 aromatic heterocycles. The zero-order valence-electron chi connectivity index (χ0n) is 11.8. The van der Waals surface area contributed by atoms with E-state index in [0.29, 0.717) is 11.8 Å². The summed E-state index contributed by atoms with van der Waals surface area (Å²) in [4.78, 5) is 0. The lowest BCUT2D eigenvalue weighted by Gasteiger charge is -2.32. The largest absolute Gasteiger partial charge is 0.246 e. The summed E-state index contributed by atoms with van der Waals surface area (Å²) in [6.07, 6.45) is 1.18. The fourth-order valence-electron chi connectivity index (χ4n) is 2.30. The maximum absolute atomic E-state index is 12.5. The fourth-order valence-corrected chi connectivity index (χ4v) is 2.30. The zero-order chi connectivity index (χ0) is 13.1. The van der Waals surface area contributed by atoms with Gasteiger partial charge in [-0.25, -0.2) is 4.39 Å². The van der Waals surface area contributed by atoms with E-state index in [9.17, 15) is 4.39 Å². The van der Waals surface area contributed by atoms with E-state index >= 15 is 0 Å². The second kappa shape index (κ2) is 5.66. The highest BCUT2D eigenvalue weighted by atomic mass is 19.1. The second-order valence-electron chi connectivity index (χ2n) is 6.42. The van der Waals surface area contributed by atoms with Crippen molar-refractivity contribution in [3.05, 3.63) is 35.4 Å². The van der Waals surface area contributed by atoms with Crippen molar-refractivity contribution in [3.63, 3.8) is 0 Å². The van der Waals surface area contributed by atoms with Crippen LogP contribution in [0.25, 0.3) is 0 Å². The molecule has 96 valence electrons. The van der Waals surface area contributed by atoms with E-state index in [-0.39, 0.29) is 12.1 Å². The first kappa shape index (κ1) is 14.2. The molecule has 0 saturated carbocycles. The minimum atomic E-state index is -0.370. The molecule has 0 aliphatic carbocycles. The van der Waals surface area contributed by atoms with Crippen molar-refractivity contribution in [2.75, 3.05) is 0 Å². The molecule has 0 radical (unpaired) electrons. The van der Waals surface area contributed by atoms with Crippen LogP contribution in [0.2, 0.25) is 0 Å². The highest BCUT2D eigenvalue weighted by molar-refractivity contribution is 5.26. The summed E-state index contributed by atoms with van der Waals surface area (Å²) in [6, 6.07) is 8.00. The monoisotopic (exact) mass is 236 g/mol. The quantitative estimate of drug-likeness (QED) is 0.662. The van der Waals surface area contributed by atoms with Crippen molar-refractivity contribution in [2.45, 2.75) is 53.6 Å². The van der Waals surface area contributed by atoms with Gasteiger partial charge in [-0.3, -0.25) is 0 Å². The summed E-state index contributed by atoms with van der Waals surface area (Å²) in [6.45, 7) is 11.0. The predicted octanol–water partition coefficient (Wildman–Crippen LogP) is 5.33. The van der Waals surface area contributed by atoms with Crippen molar-refractivity contribution in [3.8, 4) is 0 Å². The molecule has 0 bridgehead atoms. The van der Waals surface area contributed by atoms with Crippen LogP contribution >= 0.6 is 0 Å². The number of hydrogen-bond acceptors (Lipinski definition) is 0. The molecule has 1 rings (SSSR count). The molecular formula is C16H25F. The van der Waals surface area contributed by atoms with Gasteiger partial charge in [0.1, 0.15) is 6.67 Å². The van der Waals surface area contributed by atoms with E-state index < -0.39 is 0 Å². The normalized spacial score (nSPS) is 14.1. The first-order valence-electron chi connectivity index (χ1n) is 6.49. The summed E-state index contributed by atoms with van der Waals surface area (Å²) in [5, 5.41) is 0. The Balaban J connectivity index is 2.96. The van der Waals surface area contributed by atoms with Gasteiger partial charge in [-0.05, 0) is 34.8 Å². The summed E-state index contributed by atoms with van der Waals surface area (Å²) < 4.78 is 12.5. The number of alkyl halides is 1. The van der Waals surface area contributed by atoms with Crippen LogP contribution in [0.5, 0.6) is 0 Å². The highest BCUT2D eigenvalue weighted by Crippen LogP contribution is 2.39. The Morgan fingerprint density at radius 1 is 1.06 bits per heavy atom. The molecule has 0 aliphatic heterocycles. The predicted molar refractivity (Wildman–Crippen MR) is 72.9 cm³/mol. The van der Waals surface area contributed by atoms with Crippen LogP contribution in [0.15, 0.2) is 24.3 Å². The van der Waals surface area contributed by atoms with Crippen molar-refractivity contribution < 1.29 is 4.39 Å². The van der Waals surface area contributed by atoms with Gasteiger partial charge in [0.2, 0.25) is 0 Å². The molecule has 0 N–H and O–H groups in total. The topological polar surface area (TPSA) is 0 Å². The van der Waals surface area contributed by atoms with Gasteiger partial charge in [0.05, 0.1) is 0 Å². The third-order valence-electron chi connectivity index (χ3n) is 3.29. The molecular weight excluding hydrogens is 211 g/mol. The number of hydrogen-bond donors (Lipinski definition) is 0. The molecule has 0 nitrogen and oxygen atoms in total. The average Bonchev–Trinajstić information content (AvgIpc) is 2.24. The summed E-state index contributed by atoms with van der Waals surface area (Å²) in [7, 11) is 0. The molecule has 0 amide bonds. The first-order chi connectivity index (χ1) is 7.84. The molecule has 0 aliphatic rings. The van der Waals surface area contributed by atoms with Gasteiger partial charge >= 0.3 is 0 Å². The highest BCUT2D eigenvalue weighted by Gasteiger charge is 2.26. The van der Waals surface area contributed by atoms with Crippen LogP contribution in [0.4, 0.5) is 4.39 Å². The minimum absolute atomic E-state index is 0.251. The molecule has 0 spiro atoms. The van der Waals surface area contributed by atoms with Crippen molar-refractivity contribution in [1.82, 2.24) is 0 Å². The van der Waals surface area contributed by atoms with Crippen molar-refractivity contribution in [2.24, 2.45) is 11.3 Å². The molecule has 0 saturated heterocycles. The molecule has 0 fully saturated rings. The Kier molecular flexibility index (Phi) is 4.73. The summed E-state index contributed by atoms with van der Waals surface area (Å²) in [5.74, 6) is 1.22. The third-order valence-corrected chi connectivity index (χ3v) is 3.29. The van der Waals surface area contributed by atoms with E-state index in [1.54, 1.807) is 0 Å². The minimum Gasteiger partial charge on any atom is -0.246 e. The maximum atomic E-state index is 12.5. The van der Waals surface area contributed by atoms with Crippen LogP contribution in [-0.4, -0.2) is 0 Å². The standard InChI is InChI=1S/C16H25F/c1-12(2)10-15(16(3,4)5)14-8-6-13(11-17)7-9-14/h6-9,12,15H,10-11H2,1-5H3. The maximum Gasteiger partial charge on any atom is 0.115 e. The van der Waals surface area contributed by atoms with Crippen molar-refractivity contribution >= 4 is 0 Å². The summed E-state index contributed by atoms with van der Waals surface area (Å²) in [5.41, 5.74) is 2.36. The molecule has 0 heterocycles. The summed E-state index contributed by atoms with van der Waals surface area (Å²) >= 11 is 0. The van der Waals surface area contributed by atoms with Gasteiger partial charge in [-0.15, -0.1) is 0 Å². The Morgan fingerprint density at radius 2 is 1.59 bits per heavy atom. The Morgan fingerprint density at radius 3 is 1.94 bits per heavy atom. The van der Waals surface area contributed by atoms with Gasteiger partial charge in [0, 0.05) is 0 Å². The zero-order valence-corrected chi connectivity index (χ0v) is 11.8. The number of halogens is 1. The molecule has 1 atom stereocenters. The van der Waals surface area contributed by atoms with E-state index in [0.717, 1.165) is 5.56 Å². The number of benzene rings is 1. The second-order valence-corrected chi connectivity index (χ2v) is 6.42. The van der Waals surface area contributed by atoms with Crippen LogP contribution in [-0.2, 0) is 6.67 Å². The van der Waals surface area contributed by atoms with Gasteiger partial charge in [-0.2, -0.15) is 0 Å². The molecule has 1 heteroatoms. The van der Waals surface area contributed by atoms with Gasteiger partial charge in [0.15, 0.2) is 0 Å². The van der Waals surface area contributed by atoms with Gasteiger partial charge in [-0.1, -0.05) is 58.9 Å². The van der Waals surface area contributed by atoms with Gasteiger partial charge in [0.25, 0.3) is 0 Å². The van der Waals surface area contributed by atoms with E-state index in [4.69, 9.17) is 0 Å². The van der Waals surface area contributed by atoms with E-state index in [1.807, 2.05) is 12.1 Å².